The molecular formula is C23H23ClN2O3. The Morgan fingerprint density at radius 2 is 1.52 bits per heavy atom. The van der Waals surface area contributed by atoms with Crippen LogP contribution in [0.25, 0.3) is 0 Å². The van der Waals surface area contributed by atoms with Crippen LogP contribution in [0.5, 0.6) is 0 Å². The van der Waals surface area contributed by atoms with Gasteiger partial charge in [-0.1, -0.05) is 48.6 Å². The summed E-state index contributed by atoms with van der Waals surface area (Å²) >= 11 is 5.98. The first-order valence-corrected chi connectivity index (χ1v) is 10.6. The molecule has 2 atom stereocenters. The fraction of sp³-hybridized carbons (Fsp3) is 0.391. The number of halogens is 1. The Hall–Kier alpha value is -2.37. The van der Waals surface area contributed by atoms with Gasteiger partial charge in [0, 0.05) is 5.02 Å². The molecule has 3 fully saturated rings. The first kappa shape index (κ1) is 18.6. The summed E-state index contributed by atoms with van der Waals surface area (Å²) in [5.41, 5.74) is 2.14. The zero-order chi connectivity index (χ0) is 20.2. The Kier molecular flexibility index (Phi) is 4.41. The van der Waals surface area contributed by atoms with Gasteiger partial charge in [-0.25, -0.2) is 9.96 Å². The van der Waals surface area contributed by atoms with E-state index in [4.69, 9.17) is 16.4 Å². The summed E-state index contributed by atoms with van der Waals surface area (Å²) in [5.74, 6) is -0.951. The summed E-state index contributed by atoms with van der Waals surface area (Å²) < 4.78 is 0. The number of amides is 2. The second-order valence-corrected chi connectivity index (χ2v) is 8.72. The number of benzene rings is 2. The van der Waals surface area contributed by atoms with Gasteiger partial charge < -0.3 is 0 Å². The number of imide groups is 1. The molecule has 2 heterocycles. The first-order chi connectivity index (χ1) is 14.0. The maximum atomic E-state index is 13.6. The minimum absolute atomic E-state index is 0.168. The summed E-state index contributed by atoms with van der Waals surface area (Å²) in [5, 5.41) is 2.45. The molecule has 1 aliphatic carbocycles. The predicted molar refractivity (Wildman–Crippen MR) is 112 cm³/mol. The third-order valence-electron chi connectivity index (χ3n) is 6.53. The van der Waals surface area contributed by atoms with Crippen molar-refractivity contribution in [2.45, 2.75) is 50.7 Å². The molecule has 2 aromatic carbocycles. The SMILES string of the molecule is Cc1ccc(N2O[C@H]3C(=O)N(c4ccc(Cl)cc4)C(=O)[C@H]3C23CCCCC3)cc1. The molecule has 1 saturated carbocycles. The van der Waals surface area contributed by atoms with Gasteiger partial charge in [0.15, 0.2) is 6.10 Å². The molecule has 150 valence electrons. The highest BCUT2D eigenvalue weighted by atomic mass is 35.5. The molecule has 5 rings (SSSR count). The lowest BCUT2D eigenvalue weighted by atomic mass is 9.71. The van der Waals surface area contributed by atoms with Crippen LogP contribution in [0.15, 0.2) is 48.5 Å². The number of carbonyl (C=O) groups excluding carboxylic acids is 2. The van der Waals surface area contributed by atoms with Crippen LogP contribution in [0.2, 0.25) is 5.02 Å². The number of nitrogens with zero attached hydrogens (tertiary/aromatic N) is 2. The maximum absolute atomic E-state index is 13.6. The third-order valence-corrected chi connectivity index (χ3v) is 6.78. The molecule has 0 unspecified atom stereocenters. The second kappa shape index (κ2) is 6.85. The quantitative estimate of drug-likeness (QED) is 0.675. The van der Waals surface area contributed by atoms with Crippen molar-refractivity contribution in [1.29, 1.82) is 0 Å². The molecule has 0 radical (unpaired) electrons. The Morgan fingerprint density at radius 3 is 2.17 bits per heavy atom. The zero-order valence-corrected chi connectivity index (χ0v) is 17.1. The molecule has 29 heavy (non-hydrogen) atoms. The molecule has 0 bridgehead atoms. The van der Waals surface area contributed by atoms with E-state index in [-0.39, 0.29) is 11.8 Å². The van der Waals surface area contributed by atoms with Gasteiger partial charge in [-0.3, -0.25) is 14.4 Å². The third kappa shape index (κ3) is 2.79. The molecule has 0 N–H and O–H groups in total. The highest BCUT2D eigenvalue weighted by Gasteiger charge is 2.66. The lowest BCUT2D eigenvalue weighted by molar-refractivity contribution is -0.126. The van der Waals surface area contributed by atoms with E-state index in [9.17, 15) is 9.59 Å². The average molecular weight is 411 g/mol. The van der Waals surface area contributed by atoms with Gasteiger partial charge in [0.05, 0.1) is 16.9 Å². The highest BCUT2D eigenvalue weighted by molar-refractivity contribution is 6.31. The van der Waals surface area contributed by atoms with Crippen molar-refractivity contribution >= 4 is 34.8 Å². The van der Waals surface area contributed by atoms with Crippen molar-refractivity contribution in [3.05, 3.63) is 59.1 Å². The monoisotopic (exact) mass is 410 g/mol. The van der Waals surface area contributed by atoms with Crippen LogP contribution in [-0.2, 0) is 14.4 Å². The summed E-state index contributed by atoms with van der Waals surface area (Å²) in [6.07, 6.45) is 4.10. The highest BCUT2D eigenvalue weighted by Crippen LogP contribution is 2.52. The zero-order valence-electron chi connectivity index (χ0n) is 16.3. The number of hydroxylamine groups is 1. The number of carbonyl (C=O) groups is 2. The molecule has 3 aliphatic rings. The molecule has 0 aromatic heterocycles. The van der Waals surface area contributed by atoms with Gasteiger partial charge in [0.2, 0.25) is 5.91 Å². The Morgan fingerprint density at radius 1 is 0.897 bits per heavy atom. The van der Waals surface area contributed by atoms with Crippen LogP contribution < -0.4 is 9.96 Å². The van der Waals surface area contributed by atoms with Crippen LogP contribution in [0.4, 0.5) is 11.4 Å². The van der Waals surface area contributed by atoms with Crippen molar-refractivity contribution in [3.8, 4) is 0 Å². The largest absolute Gasteiger partial charge is 0.273 e. The minimum Gasteiger partial charge on any atom is -0.273 e. The first-order valence-electron chi connectivity index (χ1n) is 10.2. The molecular weight excluding hydrogens is 388 g/mol. The van der Waals surface area contributed by atoms with E-state index in [0.29, 0.717) is 10.7 Å². The van der Waals surface area contributed by atoms with Crippen molar-refractivity contribution in [2.24, 2.45) is 5.92 Å². The fourth-order valence-corrected chi connectivity index (χ4v) is 5.26. The topological polar surface area (TPSA) is 49.9 Å². The van der Waals surface area contributed by atoms with Crippen LogP contribution in [0.1, 0.15) is 37.7 Å². The number of anilines is 2. The van der Waals surface area contributed by atoms with E-state index in [1.807, 2.05) is 36.3 Å². The van der Waals surface area contributed by atoms with Gasteiger partial charge in [0.1, 0.15) is 5.92 Å². The number of rotatable bonds is 2. The van der Waals surface area contributed by atoms with Crippen LogP contribution in [-0.4, -0.2) is 23.5 Å². The van der Waals surface area contributed by atoms with Gasteiger partial charge >= 0.3 is 0 Å². The van der Waals surface area contributed by atoms with Crippen LogP contribution >= 0.6 is 11.6 Å². The minimum atomic E-state index is -0.780. The summed E-state index contributed by atoms with van der Waals surface area (Å²) in [6.45, 7) is 2.04. The Balaban J connectivity index is 1.56. The number of hydrogen-bond donors (Lipinski definition) is 0. The number of aryl methyl sites for hydroxylation is 1. The number of hydrogen-bond acceptors (Lipinski definition) is 4. The van der Waals surface area contributed by atoms with E-state index in [2.05, 4.69) is 0 Å². The van der Waals surface area contributed by atoms with Gasteiger partial charge in [-0.05, 0) is 56.2 Å². The second-order valence-electron chi connectivity index (χ2n) is 8.29. The Labute approximate surface area is 175 Å². The molecule has 1 spiro atoms. The van der Waals surface area contributed by atoms with Gasteiger partial charge in [0.25, 0.3) is 5.91 Å². The van der Waals surface area contributed by atoms with E-state index >= 15 is 0 Å². The van der Waals surface area contributed by atoms with E-state index in [0.717, 1.165) is 43.4 Å². The normalized spacial score (nSPS) is 25.7. The van der Waals surface area contributed by atoms with Gasteiger partial charge in [-0.15, -0.1) is 0 Å². The van der Waals surface area contributed by atoms with E-state index in [1.54, 1.807) is 24.3 Å². The van der Waals surface area contributed by atoms with Crippen molar-refractivity contribution in [3.63, 3.8) is 0 Å². The van der Waals surface area contributed by atoms with E-state index < -0.39 is 17.6 Å². The smallest absolute Gasteiger partial charge is 0.266 e. The lowest BCUT2D eigenvalue weighted by Crippen LogP contribution is -2.53. The molecule has 2 amide bonds. The van der Waals surface area contributed by atoms with Crippen molar-refractivity contribution in [2.75, 3.05) is 9.96 Å². The molecule has 2 aliphatic heterocycles. The lowest BCUT2D eigenvalue weighted by Gasteiger charge is -2.43. The molecule has 5 nitrogen and oxygen atoms in total. The Bertz CT molecular complexity index is 951. The summed E-state index contributed by atoms with van der Waals surface area (Å²) in [4.78, 5) is 34.4. The molecule has 2 aromatic rings. The van der Waals surface area contributed by atoms with Crippen molar-refractivity contribution in [1.82, 2.24) is 0 Å². The average Bonchev–Trinajstić information content (AvgIpc) is 3.17. The predicted octanol–water partition coefficient (Wildman–Crippen LogP) is 4.66. The van der Waals surface area contributed by atoms with Crippen molar-refractivity contribution < 1.29 is 14.4 Å². The molecule has 6 heteroatoms. The maximum Gasteiger partial charge on any atom is 0.266 e. The van der Waals surface area contributed by atoms with Crippen LogP contribution in [0, 0.1) is 12.8 Å². The van der Waals surface area contributed by atoms with Gasteiger partial charge in [-0.2, -0.15) is 0 Å². The fourth-order valence-electron chi connectivity index (χ4n) is 5.13. The molecule has 2 saturated heterocycles. The summed E-state index contributed by atoms with van der Waals surface area (Å²) in [6, 6.07) is 14.9. The summed E-state index contributed by atoms with van der Waals surface area (Å²) in [7, 11) is 0. The van der Waals surface area contributed by atoms with Crippen LogP contribution in [0.3, 0.4) is 0 Å². The number of fused-ring (bicyclic) bond motifs is 2. The van der Waals surface area contributed by atoms with E-state index in [1.165, 1.54) is 4.90 Å². The standard InChI is InChI=1S/C23H23ClN2O3/c1-15-5-9-18(10-6-15)26-23(13-3-2-4-14-23)19-20(29-26)22(28)25(21(19)27)17-11-7-16(24)8-12-17/h5-12,19-20H,2-4,13-14H2,1H3/t19-,20+/m0/s1.